The van der Waals surface area contributed by atoms with Crippen LogP contribution in [0.2, 0.25) is 0 Å². The van der Waals surface area contributed by atoms with E-state index in [2.05, 4.69) is 9.88 Å². The van der Waals surface area contributed by atoms with Crippen LogP contribution in [0.3, 0.4) is 0 Å². The van der Waals surface area contributed by atoms with Gasteiger partial charge in [0.1, 0.15) is 12.0 Å². The zero-order valence-electron chi connectivity index (χ0n) is 13.0. The van der Waals surface area contributed by atoms with Crippen molar-refractivity contribution in [2.75, 3.05) is 25.7 Å². The molecule has 23 heavy (non-hydrogen) atoms. The van der Waals surface area contributed by atoms with Gasteiger partial charge in [0.25, 0.3) is 5.69 Å². The molecule has 1 aliphatic heterocycles. The van der Waals surface area contributed by atoms with Gasteiger partial charge in [-0.2, -0.15) is 0 Å². The van der Waals surface area contributed by atoms with Crippen LogP contribution in [0.5, 0.6) is 11.5 Å². The number of rotatable bonds is 4. The molecule has 0 aliphatic carbocycles. The number of methoxy groups -OCH3 is 2. The van der Waals surface area contributed by atoms with Gasteiger partial charge in [-0.1, -0.05) is 0 Å². The fourth-order valence-corrected chi connectivity index (χ4v) is 2.75. The van der Waals surface area contributed by atoms with Crippen LogP contribution in [0.25, 0.3) is 0 Å². The maximum absolute atomic E-state index is 10.7. The van der Waals surface area contributed by atoms with E-state index < -0.39 is 4.92 Å². The van der Waals surface area contributed by atoms with Crippen LogP contribution in [-0.4, -0.2) is 30.7 Å². The molecule has 0 atom stereocenters. The predicted octanol–water partition coefficient (Wildman–Crippen LogP) is 2.57. The lowest BCUT2D eigenvalue weighted by molar-refractivity contribution is -0.385. The number of nitrogens with zero attached hydrogens (tertiary/aromatic N) is 3. The van der Waals surface area contributed by atoms with Crippen molar-refractivity contribution < 1.29 is 14.4 Å². The SMILES string of the molecule is COc1cc2c(cc1OC)CN(c1ccc([N+](=O)[O-])cn1)CC2. The maximum atomic E-state index is 10.7. The summed E-state index contributed by atoms with van der Waals surface area (Å²) in [7, 11) is 3.24. The van der Waals surface area contributed by atoms with E-state index in [0.717, 1.165) is 30.1 Å². The summed E-state index contributed by atoms with van der Waals surface area (Å²) in [5.41, 5.74) is 2.37. The Balaban J connectivity index is 1.86. The van der Waals surface area contributed by atoms with Gasteiger partial charge in [-0.15, -0.1) is 0 Å². The highest BCUT2D eigenvalue weighted by atomic mass is 16.6. The van der Waals surface area contributed by atoms with Crippen LogP contribution >= 0.6 is 0 Å². The molecule has 7 nitrogen and oxygen atoms in total. The molecular formula is C16H17N3O4. The number of ether oxygens (including phenoxy) is 2. The van der Waals surface area contributed by atoms with E-state index in [1.807, 2.05) is 12.1 Å². The minimum absolute atomic E-state index is 0.00225. The van der Waals surface area contributed by atoms with Crippen LogP contribution in [0.4, 0.5) is 11.5 Å². The molecule has 0 saturated heterocycles. The van der Waals surface area contributed by atoms with E-state index in [1.165, 1.54) is 17.8 Å². The smallest absolute Gasteiger partial charge is 0.287 e. The predicted molar refractivity (Wildman–Crippen MR) is 85.2 cm³/mol. The maximum Gasteiger partial charge on any atom is 0.287 e. The van der Waals surface area contributed by atoms with Crippen molar-refractivity contribution in [3.05, 3.63) is 51.7 Å². The zero-order valence-corrected chi connectivity index (χ0v) is 13.0. The molecular weight excluding hydrogens is 298 g/mol. The van der Waals surface area contributed by atoms with Gasteiger partial charge in [-0.25, -0.2) is 4.98 Å². The quantitative estimate of drug-likeness (QED) is 0.637. The minimum atomic E-state index is -0.445. The lowest BCUT2D eigenvalue weighted by Crippen LogP contribution is -2.31. The van der Waals surface area contributed by atoms with Crippen LogP contribution in [-0.2, 0) is 13.0 Å². The van der Waals surface area contributed by atoms with Gasteiger partial charge < -0.3 is 14.4 Å². The molecule has 7 heteroatoms. The number of fused-ring (bicyclic) bond motifs is 1. The van der Waals surface area contributed by atoms with Gasteiger partial charge in [-0.05, 0) is 35.7 Å². The topological polar surface area (TPSA) is 77.7 Å². The van der Waals surface area contributed by atoms with Crippen molar-refractivity contribution in [2.45, 2.75) is 13.0 Å². The number of nitro groups is 1. The van der Waals surface area contributed by atoms with Gasteiger partial charge >= 0.3 is 0 Å². The van der Waals surface area contributed by atoms with Gasteiger partial charge in [0, 0.05) is 19.2 Å². The van der Waals surface area contributed by atoms with E-state index >= 15 is 0 Å². The molecule has 3 rings (SSSR count). The first kappa shape index (κ1) is 15.1. The summed E-state index contributed by atoms with van der Waals surface area (Å²) in [4.78, 5) is 16.6. The van der Waals surface area contributed by atoms with E-state index in [9.17, 15) is 10.1 Å². The fraction of sp³-hybridized carbons (Fsp3) is 0.312. The fourth-order valence-electron chi connectivity index (χ4n) is 2.75. The molecule has 0 fully saturated rings. The van der Waals surface area contributed by atoms with Crippen molar-refractivity contribution >= 4 is 11.5 Å². The summed E-state index contributed by atoms with van der Waals surface area (Å²) in [5, 5.41) is 10.7. The average Bonchev–Trinajstić information content (AvgIpc) is 2.60. The Bertz CT molecular complexity index is 731. The third kappa shape index (κ3) is 2.90. The molecule has 0 unspecified atom stereocenters. The second kappa shape index (κ2) is 6.12. The van der Waals surface area contributed by atoms with Gasteiger partial charge in [0.15, 0.2) is 11.5 Å². The molecule has 0 saturated carbocycles. The average molecular weight is 315 g/mol. The normalized spacial score (nSPS) is 13.4. The number of pyridine rings is 1. The summed E-state index contributed by atoms with van der Waals surface area (Å²) >= 11 is 0. The molecule has 0 N–H and O–H groups in total. The standard InChI is InChI=1S/C16H17N3O4/c1-22-14-7-11-5-6-18(10-12(11)8-15(14)23-2)16-4-3-13(9-17-16)19(20)21/h3-4,7-9H,5-6,10H2,1-2H3. The van der Waals surface area contributed by atoms with Crippen molar-refractivity contribution in [1.29, 1.82) is 0 Å². The van der Waals surface area contributed by atoms with Gasteiger partial charge in [-0.3, -0.25) is 10.1 Å². The Kier molecular flexibility index (Phi) is 4.01. The molecule has 1 aromatic carbocycles. The zero-order chi connectivity index (χ0) is 16.4. The Morgan fingerprint density at radius 1 is 1.17 bits per heavy atom. The minimum Gasteiger partial charge on any atom is -0.493 e. The summed E-state index contributed by atoms with van der Waals surface area (Å²) in [6.45, 7) is 1.48. The molecule has 2 heterocycles. The molecule has 0 radical (unpaired) electrons. The van der Waals surface area contributed by atoms with Crippen LogP contribution < -0.4 is 14.4 Å². The Morgan fingerprint density at radius 3 is 2.43 bits per heavy atom. The molecule has 2 aromatic rings. The lowest BCUT2D eigenvalue weighted by atomic mass is 9.99. The number of hydrogen-bond donors (Lipinski definition) is 0. The summed E-state index contributed by atoms with van der Waals surface area (Å²) in [6.07, 6.45) is 2.15. The number of benzene rings is 1. The van der Waals surface area contributed by atoms with E-state index in [1.54, 1.807) is 20.3 Å². The molecule has 0 amide bonds. The summed E-state index contributed by atoms with van der Waals surface area (Å²) < 4.78 is 10.7. The Labute approximate surface area is 133 Å². The highest BCUT2D eigenvalue weighted by molar-refractivity contribution is 5.52. The second-order valence-electron chi connectivity index (χ2n) is 5.28. The van der Waals surface area contributed by atoms with Crippen molar-refractivity contribution in [2.24, 2.45) is 0 Å². The molecule has 1 aliphatic rings. The first-order chi connectivity index (χ1) is 11.1. The lowest BCUT2D eigenvalue weighted by Gasteiger charge is -2.30. The second-order valence-corrected chi connectivity index (χ2v) is 5.28. The monoisotopic (exact) mass is 315 g/mol. The number of aromatic nitrogens is 1. The third-order valence-corrected chi connectivity index (χ3v) is 3.99. The first-order valence-electron chi connectivity index (χ1n) is 7.21. The van der Waals surface area contributed by atoms with E-state index in [-0.39, 0.29) is 5.69 Å². The molecule has 1 aromatic heterocycles. The van der Waals surface area contributed by atoms with Gasteiger partial charge in [0.2, 0.25) is 0 Å². The first-order valence-corrected chi connectivity index (χ1v) is 7.21. The van der Waals surface area contributed by atoms with Gasteiger partial charge in [0.05, 0.1) is 19.1 Å². The molecule has 0 spiro atoms. The summed E-state index contributed by atoms with van der Waals surface area (Å²) in [6, 6.07) is 7.15. The van der Waals surface area contributed by atoms with E-state index in [0.29, 0.717) is 12.3 Å². The number of hydrogen-bond acceptors (Lipinski definition) is 6. The van der Waals surface area contributed by atoms with Crippen molar-refractivity contribution in [1.82, 2.24) is 4.98 Å². The Morgan fingerprint density at radius 2 is 1.87 bits per heavy atom. The Hall–Kier alpha value is -2.83. The van der Waals surface area contributed by atoms with E-state index in [4.69, 9.17) is 9.47 Å². The number of anilines is 1. The van der Waals surface area contributed by atoms with Crippen molar-refractivity contribution in [3.8, 4) is 11.5 Å². The largest absolute Gasteiger partial charge is 0.493 e. The highest BCUT2D eigenvalue weighted by Crippen LogP contribution is 2.34. The third-order valence-electron chi connectivity index (χ3n) is 3.99. The van der Waals surface area contributed by atoms with Crippen molar-refractivity contribution in [3.63, 3.8) is 0 Å². The molecule has 120 valence electrons. The van der Waals surface area contributed by atoms with Crippen LogP contribution in [0, 0.1) is 10.1 Å². The van der Waals surface area contributed by atoms with Crippen LogP contribution in [0.15, 0.2) is 30.5 Å². The molecule has 0 bridgehead atoms. The van der Waals surface area contributed by atoms with Crippen LogP contribution in [0.1, 0.15) is 11.1 Å². The summed E-state index contributed by atoms with van der Waals surface area (Å²) in [5.74, 6) is 2.16. The highest BCUT2D eigenvalue weighted by Gasteiger charge is 2.20.